The van der Waals surface area contributed by atoms with Crippen LogP contribution in [0.1, 0.15) is 24.2 Å². The van der Waals surface area contributed by atoms with Crippen molar-refractivity contribution in [3.8, 4) is 5.75 Å². The van der Waals surface area contributed by atoms with E-state index in [1.165, 1.54) is 0 Å². The third kappa shape index (κ3) is 5.36. The van der Waals surface area contributed by atoms with Gasteiger partial charge in [-0.2, -0.15) is 0 Å². The third-order valence-electron chi connectivity index (χ3n) is 2.46. The Hall–Kier alpha value is -2.19. The number of hydrogen-bond donors (Lipinski definition) is 2. The van der Waals surface area contributed by atoms with Crippen molar-refractivity contribution in [3.63, 3.8) is 0 Å². The quantitative estimate of drug-likeness (QED) is 0.550. The van der Waals surface area contributed by atoms with Crippen LogP contribution in [0.4, 0.5) is 5.69 Å². The minimum absolute atomic E-state index is 0.0179. The van der Waals surface area contributed by atoms with Crippen molar-refractivity contribution in [2.75, 3.05) is 13.2 Å². The molecule has 1 atom stereocenters. The highest BCUT2D eigenvalue weighted by atomic mass is 16.6. The molecule has 1 aromatic carbocycles. The number of carbonyl (C=O) groups is 1. The Kier molecular flexibility index (Phi) is 6.07. The van der Waals surface area contributed by atoms with Gasteiger partial charge in [-0.15, -0.1) is 0 Å². The number of nitro groups is 1. The molecule has 1 aromatic rings. The number of nitro benzene ring substituents is 1. The molecule has 8 nitrogen and oxygen atoms in total. The van der Waals surface area contributed by atoms with Crippen LogP contribution in [0, 0.1) is 10.1 Å². The van der Waals surface area contributed by atoms with E-state index in [1.807, 2.05) is 0 Å². The molecule has 0 aliphatic rings. The van der Waals surface area contributed by atoms with Gasteiger partial charge in [0.15, 0.2) is 5.75 Å². The summed E-state index contributed by atoms with van der Waals surface area (Å²) < 4.78 is 10.3. The van der Waals surface area contributed by atoms with Crippen LogP contribution < -0.4 is 4.74 Å². The topological polar surface area (TPSA) is 119 Å². The lowest BCUT2D eigenvalue weighted by atomic mass is 10.2. The van der Waals surface area contributed by atoms with Gasteiger partial charge in [-0.25, -0.2) is 4.79 Å². The summed E-state index contributed by atoms with van der Waals surface area (Å²) in [7, 11) is 0. The first-order valence-electron chi connectivity index (χ1n) is 6.25. The Balaban J connectivity index is 2.78. The molecular weight excluding hydrogens is 282 g/mol. The number of hydrogen-bond acceptors (Lipinski definition) is 6. The average molecular weight is 299 g/mol. The zero-order chi connectivity index (χ0) is 16.0. The summed E-state index contributed by atoms with van der Waals surface area (Å²) in [5, 5.41) is 29.4. The Morgan fingerprint density at radius 1 is 1.38 bits per heavy atom. The first kappa shape index (κ1) is 16.9. The van der Waals surface area contributed by atoms with Gasteiger partial charge in [0.25, 0.3) is 0 Å². The van der Waals surface area contributed by atoms with Crippen molar-refractivity contribution in [3.05, 3.63) is 33.9 Å². The highest BCUT2D eigenvalue weighted by Gasteiger charge is 2.19. The summed E-state index contributed by atoms with van der Waals surface area (Å²) in [6, 6.07) is 3.22. The van der Waals surface area contributed by atoms with Crippen molar-refractivity contribution >= 4 is 11.7 Å². The average Bonchev–Trinajstić information content (AvgIpc) is 2.42. The summed E-state index contributed by atoms with van der Waals surface area (Å²) in [6.45, 7) is 3.38. The van der Waals surface area contributed by atoms with Gasteiger partial charge in [-0.05, 0) is 19.9 Å². The van der Waals surface area contributed by atoms with Crippen molar-refractivity contribution in [1.82, 2.24) is 0 Å². The normalized spacial score (nSPS) is 12.2. The number of aliphatic hydroxyl groups excluding tert-OH is 1. The summed E-state index contributed by atoms with van der Waals surface area (Å²) in [5.74, 6) is -1.43. The van der Waals surface area contributed by atoms with Crippen LogP contribution in [-0.4, -0.2) is 46.5 Å². The molecule has 0 bridgehead atoms. The maximum atomic E-state index is 10.9. The number of nitrogens with zero attached hydrogens (tertiary/aromatic N) is 1. The fourth-order valence-electron chi connectivity index (χ4n) is 1.45. The maximum absolute atomic E-state index is 10.9. The van der Waals surface area contributed by atoms with Gasteiger partial charge in [-0.3, -0.25) is 10.1 Å². The molecule has 21 heavy (non-hydrogen) atoms. The highest BCUT2D eigenvalue weighted by Crippen LogP contribution is 2.28. The SMILES string of the molecule is CC(C)OCC(O)COc1cc(C(=O)O)ccc1[N+](=O)[O-]. The van der Waals surface area contributed by atoms with Gasteiger partial charge in [0, 0.05) is 12.1 Å². The molecule has 0 saturated heterocycles. The summed E-state index contributed by atoms with van der Waals surface area (Å²) in [6.07, 6.45) is -1.04. The van der Waals surface area contributed by atoms with Gasteiger partial charge < -0.3 is 19.7 Å². The summed E-state index contributed by atoms with van der Waals surface area (Å²) in [5.41, 5.74) is -0.500. The number of aliphatic hydroxyl groups is 1. The molecule has 116 valence electrons. The molecule has 0 radical (unpaired) electrons. The predicted octanol–water partition coefficient (Wildman–Crippen LogP) is 1.46. The molecule has 0 fully saturated rings. The molecule has 0 aliphatic heterocycles. The fraction of sp³-hybridized carbons (Fsp3) is 0.462. The molecule has 0 saturated carbocycles. The van der Waals surface area contributed by atoms with Crippen LogP contribution >= 0.6 is 0 Å². The number of ether oxygens (including phenoxy) is 2. The van der Waals surface area contributed by atoms with Crippen molar-refractivity contribution in [1.29, 1.82) is 0 Å². The van der Waals surface area contributed by atoms with Crippen LogP contribution in [-0.2, 0) is 4.74 Å². The molecular formula is C13H17NO7. The molecule has 0 aliphatic carbocycles. The molecule has 0 amide bonds. The van der Waals surface area contributed by atoms with E-state index in [1.54, 1.807) is 13.8 Å². The Morgan fingerprint density at radius 3 is 2.57 bits per heavy atom. The first-order chi connectivity index (χ1) is 9.81. The monoisotopic (exact) mass is 299 g/mol. The lowest BCUT2D eigenvalue weighted by Crippen LogP contribution is -2.25. The molecule has 1 unspecified atom stereocenters. The maximum Gasteiger partial charge on any atom is 0.335 e. The van der Waals surface area contributed by atoms with Crippen molar-refractivity contribution < 1.29 is 29.4 Å². The fourth-order valence-corrected chi connectivity index (χ4v) is 1.45. The highest BCUT2D eigenvalue weighted by molar-refractivity contribution is 5.88. The molecule has 0 aromatic heterocycles. The van der Waals surface area contributed by atoms with Crippen LogP contribution in [0.5, 0.6) is 5.75 Å². The predicted molar refractivity (Wildman–Crippen MR) is 72.6 cm³/mol. The van der Waals surface area contributed by atoms with Gasteiger partial charge in [0.2, 0.25) is 0 Å². The van der Waals surface area contributed by atoms with Gasteiger partial charge >= 0.3 is 11.7 Å². The number of rotatable bonds is 8. The van der Waals surface area contributed by atoms with E-state index in [-0.39, 0.29) is 36.3 Å². The largest absolute Gasteiger partial charge is 0.484 e. The second-order valence-electron chi connectivity index (χ2n) is 4.59. The lowest BCUT2D eigenvalue weighted by Gasteiger charge is -2.14. The van der Waals surface area contributed by atoms with E-state index in [4.69, 9.17) is 14.6 Å². The van der Waals surface area contributed by atoms with E-state index in [2.05, 4.69) is 0 Å². The lowest BCUT2D eigenvalue weighted by molar-refractivity contribution is -0.385. The zero-order valence-corrected chi connectivity index (χ0v) is 11.7. The second-order valence-corrected chi connectivity index (χ2v) is 4.59. The number of carboxylic acid groups (broad SMARTS) is 1. The Bertz CT molecular complexity index is 515. The standard InChI is InChI=1S/C13H17NO7/c1-8(2)20-6-10(15)7-21-12-5-9(13(16)17)3-4-11(12)14(18)19/h3-5,8,10,15H,6-7H2,1-2H3,(H,16,17). The number of aromatic carboxylic acids is 1. The van der Waals surface area contributed by atoms with E-state index in [9.17, 15) is 20.0 Å². The van der Waals surface area contributed by atoms with Crippen molar-refractivity contribution in [2.24, 2.45) is 0 Å². The van der Waals surface area contributed by atoms with E-state index < -0.39 is 17.0 Å². The Morgan fingerprint density at radius 2 is 2.05 bits per heavy atom. The van der Waals surface area contributed by atoms with E-state index in [0.717, 1.165) is 18.2 Å². The third-order valence-corrected chi connectivity index (χ3v) is 2.46. The second kappa shape index (κ2) is 7.55. The summed E-state index contributed by atoms with van der Waals surface area (Å²) in [4.78, 5) is 21.0. The molecule has 1 rings (SSSR count). The van der Waals surface area contributed by atoms with E-state index >= 15 is 0 Å². The van der Waals surface area contributed by atoms with Crippen molar-refractivity contribution in [2.45, 2.75) is 26.1 Å². The Labute approximate surface area is 121 Å². The van der Waals surface area contributed by atoms with Gasteiger partial charge in [-0.1, -0.05) is 0 Å². The van der Waals surface area contributed by atoms with Crippen LogP contribution in [0.15, 0.2) is 18.2 Å². The molecule has 2 N–H and O–H groups in total. The summed E-state index contributed by atoms with van der Waals surface area (Å²) >= 11 is 0. The first-order valence-corrected chi connectivity index (χ1v) is 6.25. The molecule has 8 heteroatoms. The minimum Gasteiger partial charge on any atom is -0.484 e. The molecule has 0 heterocycles. The van der Waals surface area contributed by atoms with Crippen LogP contribution in [0.25, 0.3) is 0 Å². The van der Waals surface area contributed by atoms with Gasteiger partial charge in [0.05, 0.1) is 23.2 Å². The van der Waals surface area contributed by atoms with E-state index in [0.29, 0.717) is 0 Å². The minimum atomic E-state index is -1.22. The number of benzene rings is 1. The van der Waals surface area contributed by atoms with Gasteiger partial charge in [0.1, 0.15) is 12.7 Å². The van der Waals surface area contributed by atoms with Crippen LogP contribution in [0.3, 0.4) is 0 Å². The van der Waals surface area contributed by atoms with Crippen LogP contribution in [0.2, 0.25) is 0 Å². The smallest absolute Gasteiger partial charge is 0.335 e. The zero-order valence-electron chi connectivity index (χ0n) is 11.7. The molecule has 0 spiro atoms. The number of carboxylic acids is 1.